The molecule has 0 bridgehead atoms. The summed E-state index contributed by atoms with van der Waals surface area (Å²) in [6.07, 6.45) is 1.14. The summed E-state index contributed by atoms with van der Waals surface area (Å²) in [5, 5.41) is 3.07. The standard InChI is InChI=1S/C17H19FN4O/c1-5-22-14-7-6-11(8-12(14)17(3,4)15(22)23)21-16-19-9-13(18)10(2)20-16/h6-9H,5H2,1-4H3,(H,19,20,21). The van der Waals surface area contributed by atoms with Crippen molar-refractivity contribution in [2.45, 2.75) is 33.1 Å². The fourth-order valence-electron chi connectivity index (χ4n) is 2.87. The highest BCUT2D eigenvalue weighted by molar-refractivity contribution is 6.07. The summed E-state index contributed by atoms with van der Waals surface area (Å²) in [7, 11) is 0. The number of benzene rings is 1. The molecule has 1 amide bonds. The molecule has 0 spiro atoms. The average molecular weight is 314 g/mol. The number of hydrogen-bond donors (Lipinski definition) is 1. The van der Waals surface area contributed by atoms with Gasteiger partial charge in [-0.25, -0.2) is 14.4 Å². The third kappa shape index (κ3) is 2.44. The van der Waals surface area contributed by atoms with Crippen LogP contribution in [0.5, 0.6) is 0 Å². The highest BCUT2D eigenvalue weighted by Gasteiger charge is 2.43. The van der Waals surface area contributed by atoms with Crippen molar-refractivity contribution in [1.29, 1.82) is 0 Å². The number of aromatic nitrogens is 2. The molecule has 0 atom stereocenters. The Labute approximate surface area is 134 Å². The minimum Gasteiger partial charge on any atom is -0.324 e. The van der Waals surface area contributed by atoms with Crippen LogP contribution in [0.25, 0.3) is 0 Å². The van der Waals surface area contributed by atoms with Crippen LogP contribution in [0.3, 0.4) is 0 Å². The van der Waals surface area contributed by atoms with E-state index in [1.807, 2.05) is 39.0 Å². The maximum Gasteiger partial charge on any atom is 0.237 e. The molecule has 1 aliphatic rings. The normalized spacial score (nSPS) is 15.7. The van der Waals surface area contributed by atoms with E-state index in [1.54, 1.807) is 11.8 Å². The van der Waals surface area contributed by atoms with E-state index in [9.17, 15) is 9.18 Å². The lowest BCUT2D eigenvalue weighted by atomic mass is 9.86. The molecule has 0 unspecified atom stereocenters. The van der Waals surface area contributed by atoms with E-state index < -0.39 is 11.2 Å². The Bertz CT molecular complexity index is 788. The molecule has 2 heterocycles. The number of carbonyl (C=O) groups excluding carboxylic acids is 1. The summed E-state index contributed by atoms with van der Waals surface area (Å²) in [5.74, 6) is -0.00539. The topological polar surface area (TPSA) is 58.1 Å². The first-order valence-corrected chi connectivity index (χ1v) is 7.57. The molecule has 0 saturated carbocycles. The highest BCUT2D eigenvalue weighted by atomic mass is 19.1. The summed E-state index contributed by atoms with van der Waals surface area (Å²) in [5.41, 5.74) is 2.39. The van der Waals surface area contributed by atoms with Gasteiger partial charge in [0, 0.05) is 17.9 Å². The third-order valence-electron chi connectivity index (χ3n) is 4.23. The van der Waals surface area contributed by atoms with Crippen molar-refractivity contribution in [2.75, 3.05) is 16.8 Å². The number of halogens is 1. The number of likely N-dealkylation sites (N-methyl/N-ethyl adjacent to an activating group) is 1. The summed E-state index contributed by atoms with van der Waals surface area (Å²) in [4.78, 5) is 22.3. The number of anilines is 3. The number of amides is 1. The summed E-state index contributed by atoms with van der Waals surface area (Å²) in [6.45, 7) is 8.04. The fraction of sp³-hybridized carbons (Fsp3) is 0.353. The van der Waals surface area contributed by atoms with Gasteiger partial charge in [-0.2, -0.15) is 0 Å². The molecule has 0 radical (unpaired) electrons. The van der Waals surface area contributed by atoms with Crippen molar-refractivity contribution in [3.8, 4) is 0 Å². The first-order chi connectivity index (χ1) is 10.8. The van der Waals surface area contributed by atoms with Crippen LogP contribution >= 0.6 is 0 Å². The molecule has 1 aromatic heterocycles. The first kappa shape index (κ1) is 15.4. The summed E-state index contributed by atoms with van der Waals surface area (Å²) >= 11 is 0. The van der Waals surface area contributed by atoms with E-state index in [-0.39, 0.29) is 11.6 Å². The lowest BCUT2D eigenvalue weighted by molar-refractivity contribution is -0.122. The zero-order chi connectivity index (χ0) is 16.8. The van der Waals surface area contributed by atoms with Crippen molar-refractivity contribution < 1.29 is 9.18 Å². The molecule has 5 nitrogen and oxygen atoms in total. The van der Waals surface area contributed by atoms with E-state index in [2.05, 4.69) is 15.3 Å². The van der Waals surface area contributed by atoms with E-state index in [4.69, 9.17) is 0 Å². The van der Waals surface area contributed by atoms with Gasteiger partial charge in [0.2, 0.25) is 11.9 Å². The molecule has 1 aromatic carbocycles. The monoisotopic (exact) mass is 314 g/mol. The number of nitrogens with one attached hydrogen (secondary N) is 1. The van der Waals surface area contributed by atoms with Gasteiger partial charge in [0.25, 0.3) is 0 Å². The summed E-state index contributed by atoms with van der Waals surface area (Å²) in [6, 6.07) is 5.73. The number of carbonyl (C=O) groups is 1. The zero-order valence-electron chi connectivity index (χ0n) is 13.6. The zero-order valence-corrected chi connectivity index (χ0v) is 13.6. The van der Waals surface area contributed by atoms with Gasteiger partial charge in [-0.05, 0) is 51.5 Å². The van der Waals surface area contributed by atoms with Crippen LogP contribution in [0.4, 0.5) is 21.7 Å². The maximum absolute atomic E-state index is 13.2. The number of aryl methyl sites for hydroxylation is 1. The molecular formula is C17H19FN4O. The third-order valence-corrected chi connectivity index (χ3v) is 4.23. The Morgan fingerprint density at radius 3 is 2.74 bits per heavy atom. The predicted octanol–water partition coefficient (Wildman–Crippen LogP) is 3.31. The lowest BCUT2D eigenvalue weighted by Gasteiger charge is -2.18. The van der Waals surface area contributed by atoms with E-state index in [1.165, 1.54) is 0 Å². The van der Waals surface area contributed by atoms with Crippen LogP contribution in [0, 0.1) is 12.7 Å². The minimum absolute atomic E-state index is 0.0982. The highest BCUT2D eigenvalue weighted by Crippen LogP contribution is 2.42. The van der Waals surface area contributed by atoms with Gasteiger partial charge in [-0.1, -0.05) is 0 Å². The van der Waals surface area contributed by atoms with Crippen LogP contribution in [0.1, 0.15) is 32.0 Å². The lowest BCUT2D eigenvalue weighted by Crippen LogP contribution is -2.35. The van der Waals surface area contributed by atoms with E-state index >= 15 is 0 Å². The number of rotatable bonds is 3. The van der Waals surface area contributed by atoms with Crippen LogP contribution < -0.4 is 10.2 Å². The summed E-state index contributed by atoms with van der Waals surface area (Å²) < 4.78 is 13.2. The Kier molecular flexibility index (Phi) is 3.55. The van der Waals surface area contributed by atoms with Gasteiger partial charge in [0.15, 0.2) is 5.82 Å². The molecule has 3 rings (SSSR count). The second-order valence-corrected chi connectivity index (χ2v) is 6.16. The van der Waals surface area contributed by atoms with Crippen molar-refractivity contribution in [2.24, 2.45) is 0 Å². The molecule has 23 heavy (non-hydrogen) atoms. The largest absolute Gasteiger partial charge is 0.324 e. The fourth-order valence-corrected chi connectivity index (χ4v) is 2.87. The Balaban J connectivity index is 1.97. The molecule has 1 aliphatic heterocycles. The van der Waals surface area contributed by atoms with Crippen LogP contribution in [-0.2, 0) is 10.2 Å². The molecule has 0 fully saturated rings. The van der Waals surface area contributed by atoms with Crippen molar-refractivity contribution in [3.05, 3.63) is 41.5 Å². The quantitative estimate of drug-likeness (QED) is 0.944. The molecule has 120 valence electrons. The Morgan fingerprint density at radius 2 is 2.09 bits per heavy atom. The Hall–Kier alpha value is -2.50. The van der Waals surface area contributed by atoms with Gasteiger partial charge in [-0.15, -0.1) is 0 Å². The molecular weight excluding hydrogens is 295 g/mol. The molecule has 0 saturated heterocycles. The van der Waals surface area contributed by atoms with E-state index in [0.717, 1.165) is 23.1 Å². The Morgan fingerprint density at radius 1 is 1.35 bits per heavy atom. The van der Waals surface area contributed by atoms with Gasteiger partial charge >= 0.3 is 0 Å². The SMILES string of the molecule is CCN1C(=O)C(C)(C)c2cc(Nc3ncc(F)c(C)n3)ccc21. The van der Waals surface area contributed by atoms with Crippen molar-refractivity contribution in [3.63, 3.8) is 0 Å². The predicted molar refractivity (Wildman–Crippen MR) is 87.5 cm³/mol. The average Bonchev–Trinajstić information content (AvgIpc) is 2.70. The molecule has 1 N–H and O–H groups in total. The first-order valence-electron chi connectivity index (χ1n) is 7.57. The van der Waals surface area contributed by atoms with Gasteiger partial charge in [0.05, 0.1) is 17.3 Å². The van der Waals surface area contributed by atoms with Gasteiger partial charge < -0.3 is 10.2 Å². The minimum atomic E-state index is -0.567. The van der Waals surface area contributed by atoms with Crippen LogP contribution in [0.15, 0.2) is 24.4 Å². The smallest absolute Gasteiger partial charge is 0.237 e. The second kappa shape index (κ2) is 5.30. The van der Waals surface area contributed by atoms with Gasteiger partial charge in [0.1, 0.15) is 0 Å². The number of fused-ring (bicyclic) bond motifs is 1. The van der Waals surface area contributed by atoms with Crippen molar-refractivity contribution in [1.82, 2.24) is 9.97 Å². The van der Waals surface area contributed by atoms with Gasteiger partial charge in [-0.3, -0.25) is 4.79 Å². The molecule has 0 aliphatic carbocycles. The molecule has 6 heteroatoms. The second-order valence-electron chi connectivity index (χ2n) is 6.16. The number of hydrogen-bond acceptors (Lipinski definition) is 4. The maximum atomic E-state index is 13.2. The van der Waals surface area contributed by atoms with E-state index in [0.29, 0.717) is 12.5 Å². The molecule has 2 aromatic rings. The van der Waals surface area contributed by atoms with Crippen LogP contribution in [0.2, 0.25) is 0 Å². The number of nitrogens with zero attached hydrogens (tertiary/aromatic N) is 3. The van der Waals surface area contributed by atoms with Crippen molar-refractivity contribution >= 4 is 23.2 Å². The van der Waals surface area contributed by atoms with Crippen LogP contribution in [-0.4, -0.2) is 22.4 Å².